The van der Waals surface area contributed by atoms with Gasteiger partial charge in [-0.3, -0.25) is 9.97 Å². The van der Waals surface area contributed by atoms with Gasteiger partial charge in [0, 0.05) is 35.5 Å². The second-order valence-electron chi connectivity index (χ2n) is 7.64. The van der Waals surface area contributed by atoms with Crippen LogP contribution in [-0.4, -0.2) is 26.8 Å². The van der Waals surface area contributed by atoms with Crippen LogP contribution in [0.15, 0.2) is 85.3 Å². The van der Waals surface area contributed by atoms with Crippen molar-refractivity contribution in [3.05, 3.63) is 102 Å². The number of anilines is 1. The first-order valence-electron chi connectivity index (χ1n) is 10.4. The quantitative estimate of drug-likeness (QED) is 0.451. The minimum Gasteiger partial charge on any atom is -0.497 e. The summed E-state index contributed by atoms with van der Waals surface area (Å²) >= 11 is 5.85. The molecule has 0 saturated carbocycles. The van der Waals surface area contributed by atoms with Gasteiger partial charge in [-0.2, -0.15) is 0 Å². The van der Waals surface area contributed by atoms with Crippen LogP contribution in [0, 0.1) is 6.92 Å². The molecule has 2 atom stereocenters. The fourth-order valence-electron chi connectivity index (χ4n) is 4.32. The lowest BCUT2D eigenvalue weighted by Crippen LogP contribution is -2.30. The molecule has 0 amide bonds. The molecule has 1 saturated heterocycles. The number of nitrogens with one attached hydrogen (secondary N) is 1. The highest BCUT2D eigenvalue weighted by molar-refractivity contribution is 7.80. The summed E-state index contributed by atoms with van der Waals surface area (Å²) in [4.78, 5) is 11.1. The topological polar surface area (TPSA) is 55.2 Å². The standard InChI is InChI=1S/C25H23N5OS/c1-17-11-12-22(29(17)19-8-6-13-26-16-19)24-23(21-10-3-4-14-27-21)28-25(32)30(24)18-7-5-9-20(15-18)31-2/h3-16,23-24H,1-2H3,(H,28,32)/t23-,24+/m0/s1. The Balaban J connectivity index is 1.70. The second-order valence-corrected chi connectivity index (χ2v) is 8.03. The number of pyridine rings is 2. The number of aromatic nitrogens is 3. The van der Waals surface area contributed by atoms with Crippen molar-refractivity contribution < 1.29 is 4.74 Å². The largest absolute Gasteiger partial charge is 0.497 e. The maximum absolute atomic E-state index is 5.85. The monoisotopic (exact) mass is 441 g/mol. The van der Waals surface area contributed by atoms with Crippen LogP contribution in [0.5, 0.6) is 5.75 Å². The normalized spacial score (nSPS) is 17.9. The smallest absolute Gasteiger partial charge is 0.174 e. The Labute approximate surface area is 192 Å². The molecule has 4 aromatic rings. The van der Waals surface area contributed by atoms with Crippen LogP contribution < -0.4 is 15.0 Å². The zero-order chi connectivity index (χ0) is 22.1. The van der Waals surface area contributed by atoms with Gasteiger partial charge in [-0.15, -0.1) is 0 Å². The molecular formula is C25H23N5OS. The van der Waals surface area contributed by atoms with Crippen molar-refractivity contribution in [2.45, 2.75) is 19.0 Å². The van der Waals surface area contributed by atoms with Crippen LogP contribution in [0.2, 0.25) is 0 Å². The molecule has 0 spiro atoms. The Morgan fingerprint density at radius 2 is 1.84 bits per heavy atom. The average molecular weight is 442 g/mol. The van der Waals surface area contributed by atoms with Crippen molar-refractivity contribution in [3.8, 4) is 11.4 Å². The maximum Gasteiger partial charge on any atom is 0.174 e. The van der Waals surface area contributed by atoms with Crippen LogP contribution in [0.25, 0.3) is 5.69 Å². The van der Waals surface area contributed by atoms with Crippen molar-refractivity contribution in [1.29, 1.82) is 0 Å². The van der Waals surface area contributed by atoms with E-state index in [0.717, 1.165) is 34.2 Å². The number of methoxy groups -OCH3 is 1. The number of nitrogens with zero attached hydrogens (tertiary/aromatic N) is 4. The number of thiocarbonyl (C=S) groups is 1. The Morgan fingerprint density at radius 3 is 2.59 bits per heavy atom. The lowest BCUT2D eigenvalue weighted by molar-refractivity contribution is 0.414. The summed E-state index contributed by atoms with van der Waals surface area (Å²) in [7, 11) is 1.67. The van der Waals surface area contributed by atoms with Crippen molar-refractivity contribution >= 4 is 23.0 Å². The molecule has 0 bridgehead atoms. The SMILES string of the molecule is COc1cccc(N2C(=S)N[C@@H](c3ccccn3)[C@H]2c2ccc(C)n2-c2cccnc2)c1. The van der Waals surface area contributed by atoms with Crippen molar-refractivity contribution in [2.24, 2.45) is 0 Å². The van der Waals surface area contributed by atoms with Crippen molar-refractivity contribution in [2.75, 3.05) is 12.0 Å². The summed E-state index contributed by atoms with van der Waals surface area (Å²) in [6.45, 7) is 2.10. The summed E-state index contributed by atoms with van der Waals surface area (Å²) in [6, 6.07) is 22.0. The van der Waals surface area contributed by atoms with Crippen LogP contribution in [0.1, 0.15) is 29.2 Å². The fourth-order valence-corrected chi connectivity index (χ4v) is 4.67. The molecule has 4 heterocycles. The Hall–Kier alpha value is -3.71. The zero-order valence-electron chi connectivity index (χ0n) is 17.8. The highest BCUT2D eigenvalue weighted by Gasteiger charge is 2.42. The Kier molecular flexibility index (Phi) is 5.33. The minimum absolute atomic E-state index is 0.125. The third-order valence-electron chi connectivity index (χ3n) is 5.74. The van der Waals surface area contributed by atoms with Gasteiger partial charge < -0.3 is 19.5 Å². The van der Waals surface area contributed by atoms with E-state index in [9.17, 15) is 0 Å². The van der Waals surface area contributed by atoms with E-state index in [0.29, 0.717) is 5.11 Å². The van der Waals surface area contributed by atoms with E-state index < -0.39 is 0 Å². The molecule has 1 fully saturated rings. The highest BCUT2D eigenvalue weighted by atomic mass is 32.1. The molecule has 7 heteroatoms. The van der Waals surface area contributed by atoms with Gasteiger partial charge in [0.15, 0.2) is 5.11 Å². The average Bonchev–Trinajstić information content (AvgIpc) is 3.39. The summed E-state index contributed by atoms with van der Waals surface area (Å²) in [5.41, 5.74) is 5.12. The van der Waals surface area contributed by atoms with Gasteiger partial charge in [-0.25, -0.2) is 0 Å². The third kappa shape index (κ3) is 3.50. The predicted octanol–water partition coefficient (Wildman–Crippen LogP) is 4.76. The van der Waals surface area contributed by atoms with Crippen LogP contribution in [0.4, 0.5) is 5.69 Å². The first kappa shape index (κ1) is 20.2. The molecule has 1 aliphatic heterocycles. The number of hydrogen-bond donors (Lipinski definition) is 1. The molecule has 3 aromatic heterocycles. The van der Waals surface area contributed by atoms with Crippen LogP contribution >= 0.6 is 12.2 Å². The minimum atomic E-state index is -0.126. The Morgan fingerprint density at radius 1 is 0.969 bits per heavy atom. The first-order chi connectivity index (χ1) is 15.7. The summed E-state index contributed by atoms with van der Waals surface area (Å²) in [5.74, 6) is 0.782. The van der Waals surface area contributed by atoms with Crippen LogP contribution in [-0.2, 0) is 0 Å². The molecule has 1 aromatic carbocycles. The molecular weight excluding hydrogens is 418 g/mol. The lowest BCUT2D eigenvalue weighted by Gasteiger charge is -2.29. The molecule has 0 unspecified atom stereocenters. The van der Waals surface area contributed by atoms with E-state index >= 15 is 0 Å². The van der Waals surface area contributed by atoms with Gasteiger partial charge in [0.05, 0.1) is 30.7 Å². The summed E-state index contributed by atoms with van der Waals surface area (Å²) < 4.78 is 7.72. The van der Waals surface area contributed by atoms with Gasteiger partial charge in [-0.1, -0.05) is 12.1 Å². The van der Waals surface area contributed by atoms with E-state index in [-0.39, 0.29) is 12.1 Å². The molecule has 1 N–H and O–H groups in total. The number of rotatable bonds is 5. The summed E-state index contributed by atoms with van der Waals surface area (Å²) in [5, 5.41) is 4.17. The second kappa shape index (κ2) is 8.43. The van der Waals surface area contributed by atoms with Crippen molar-refractivity contribution in [3.63, 3.8) is 0 Å². The molecule has 0 aliphatic carbocycles. The van der Waals surface area contributed by atoms with E-state index in [1.165, 1.54) is 0 Å². The zero-order valence-corrected chi connectivity index (χ0v) is 18.7. The van der Waals surface area contributed by atoms with Gasteiger partial charge in [0.2, 0.25) is 0 Å². The molecule has 160 valence electrons. The molecule has 0 radical (unpaired) electrons. The number of benzene rings is 1. The number of ether oxygens (including phenoxy) is 1. The number of aryl methyl sites for hydroxylation is 1. The van der Waals surface area contributed by atoms with E-state index in [1.54, 1.807) is 13.3 Å². The van der Waals surface area contributed by atoms with Gasteiger partial charge in [0.25, 0.3) is 0 Å². The van der Waals surface area contributed by atoms with E-state index in [4.69, 9.17) is 17.0 Å². The van der Waals surface area contributed by atoms with Gasteiger partial charge in [-0.05, 0) is 67.7 Å². The van der Waals surface area contributed by atoms with E-state index in [2.05, 4.69) is 55.9 Å². The molecule has 6 nitrogen and oxygen atoms in total. The van der Waals surface area contributed by atoms with Gasteiger partial charge >= 0.3 is 0 Å². The fraction of sp³-hybridized carbons (Fsp3) is 0.160. The molecule has 5 rings (SSSR count). The first-order valence-corrected chi connectivity index (χ1v) is 10.8. The Bertz CT molecular complexity index is 1240. The maximum atomic E-state index is 5.85. The van der Waals surface area contributed by atoms with Crippen molar-refractivity contribution in [1.82, 2.24) is 19.9 Å². The number of hydrogen-bond acceptors (Lipinski definition) is 4. The summed E-state index contributed by atoms with van der Waals surface area (Å²) in [6.07, 6.45) is 5.48. The predicted molar refractivity (Wildman–Crippen MR) is 129 cm³/mol. The molecule has 1 aliphatic rings. The van der Waals surface area contributed by atoms with Crippen LogP contribution in [0.3, 0.4) is 0 Å². The highest BCUT2D eigenvalue weighted by Crippen LogP contribution is 2.43. The molecule has 32 heavy (non-hydrogen) atoms. The third-order valence-corrected chi connectivity index (χ3v) is 6.06. The van der Waals surface area contributed by atoms with E-state index in [1.807, 2.05) is 54.9 Å². The van der Waals surface area contributed by atoms with Gasteiger partial charge in [0.1, 0.15) is 11.8 Å². The lowest BCUT2D eigenvalue weighted by atomic mass is 10.0.